The maximum absolute atomic E-state index is 3.69. The molecule has 2 saturated carbocycles. The van der Waals surface area contributed by atoms with Gasteiger partial charge in [0.15, 0.2) is 0 Å². The third kappa shape index (κ3) is 2.17. The molecule has 92 valence electrons. The van der Waals surface area contributed by atoms with E-state index in [1.807, 2.05) is 0 Å². The predicted octanol–water partition coefficient (Wildman–Crippen LogP) is 4.15. The van der Waals surface area contributed by atoms with Crippen molar-refractivity contribution in [2.75, 3.05) is 6.54 Å². The van der Waals surface area contributed by atoms with E-state index >= 15 is 0 Å². The number of benzene rings is 1. The quantitative estimate of drug-likeness (QED) is 0.879. The second kappa shape index (κ2) is 4.74. The van der Waals surface area contributed by atoms with E-state index < -0.39 is 0 Å². The second-order valence-corrected chi connectivity index (χ2v) is 6.34. The Kier molecular flexibility index (Phi) is 3.27. The van der Waals surface area contributed by atoms with E-state index in [1.54, 1.807) is 0 Å². The largest absolute Gasteiger partial charge is 0.310 e. The van der Waals surface area contributed by atoms with Gasteiger partial charge in [0.05, 0.1) is 0 Å². The molecule has 2 aliphatic rings. The Bertz CT molecular complexity index is 376. The van der Waals surface area contributed by atoms with Crippen molar-refractivity contribution in [2.45, 2.75) is 32.2 Å². The summed E-state index contributed by atoms with van der Waals surface area (Å²) < 4.78 is 1.17. The third-order valence-electron chi connectivity index (χ3n) is 4.51. The molecule has 17 heavy (non-hydrogen) atoms. The van der Waals surface area contributed by atoms with Gasteiger partial charge in [-0.3, -0.25) is 0 Å². The van der Waals surface area contributed by atoms with Crippen LogP contribution in [0.25, 0.3) is 0 Å². The van der Waals surface area contributed by atoms with Gasteiger partial charge in [-0.1, -0.05) is 41.4 Å². The van der Waals surface area contributed by atoms with Gasteiger partial charge >= 0.3 is 0 Å². The van der Waals surface area contributed by atoms with Gasteiger partial charge in [-0.25, -0.2) is 0 Å². The molecular weight excluding hydrogens is 274 g/mol. The fraction of sp³-hybridized carbons (Fsp3) is 0.600. The zero-order valence-corrected chi connectivity index (χ0v) is 11.9. The van der Waals surface area contributed by atoms with E-state index in [2.05, 4.69) is 52.4 Å². The average Bonchev–Trinajstić information content (AvgIpc) is 2.80. The molecule has 0 aromatic heterocycles. The van der Waals surface area contributed by atoms with Crippen molar-refractivity contribution in [3.05, 3.63) is 34.3 Å². The number of rotatable bonds is 4. The monoisotopic (exact) mass is 293 g/mol. The van der Waals surface area contributed by atoms with E-state index in [4.69, 9.17) is 0 Å². The molecule has 2 fully saturated rings. The maximum atomic E-state index is 3.69. The summed E-state index contributed by atoms with van der Waals surface area (Å²) in [5.41, 5.74) is 1.47. The number of nitrogens with one attached hydrogen (secondary N) is 1. The van der Waals surface area contributed by atoms with Crippen molar-refractivity contribution in [1.29, 1.82) is 0 Å². The summed E-state index contributed by atoms with van der Waals surface area (Å²) in [6.07, 6.45) is 4.40. The molecule has 3 unspecified atom stereocenters. The van der Waals surface area contributed by atoms with Crippen molar-refractivity contribution in [3.8, 4) is 0 Å². The van der Waals surface area contributed by atoms with Crippen LogP contribution in [0.5, 0.6) is 0 Å². The van der Waals surface area contributed by atoms with Crippen LogP contribution in [-0.2, 0) is 0 Å². The highest BCUT2D eigenvalue weighted by Gasteiger charge is 2.55. The molecule has 0 amide bonds. The Hall–Kier alpha value is -0.340. The Morgan fingerprint density at radius 3 is 2.47 bits per heavy atom. The van der Waals surface area contributed by atoms with Crippen LogP contribution >= 0.6 is 15.9 Å². The molecular formula is C15H20BrN. The van der Waals surface area contributed by atoms with Crippen molar-refractivity contribution < 1.29 is 0 Å². The first kappa shape index (κ1) is 11.7. The fourth-order valence-corrected chi connectivity index (χ4v) is 4.00. The van der Waals surface area contributed by atoms with E-state index in [9.17, 15) is 0 Å². The molecule has 2 heteroatoms. The van der Waals surface area contributed by atoms with E-state index in [0.717, 1.165) is 24.3 Å². The van der Waals surface area contributed by atoms with E-state index in [1.165, 1.54) is 29.3 Å². The summed E-state index contributed by atoms with van der Waals surface area (Å²) in [6.45, 7) is 3.28. The van der Waals surface area contributed by atoms with Crippen LogP contribution in [0.1, 0.15) is 37.8 Å². The SMILES string of the molecule is CCNC(c1ccc(Br)cc1)C1C2CCCC21. The van der Waals surface area contributed by atoms with Crippen LogP contribution in [0.4, 0.5) is 0 Å². The van der Waals surface area contributed by atoms with Gasteiger partial charge < -0.3 is 5.32 Å². The van der Waals surface area contributed by atoms with E-state index in [-0.39, 0.29) is 0 Å². The lowest BCUT2D eigenvalue weighted by Gasteiger charge is -2.20. The molecule has 1 aromatic rings. The lowest BCUT2D eigenvalue weighted by Crippen LogP contribution is -2.24. The van der Waals surface area contributed by atoms with Gasteiger partial charge in [-0.2, -0.15) is 0 Å². The summed E-state index contributed by atoms with van der Waals surface area (Å²) in [6, 6.07) is 9.45. The highest BCUT2D eigenvalue weighted by atomic mass is 79.9. The summed E-state index contributed by atoms with van der Waals surface area (Å²) in [5, 5.41) is 3.69. The molecule has 0 saturated heterocycles. The van der Waals surface area contributed by atoms with Gasteiger partial charge in [-0.15, -0.1) is 0 Å². The molecule has 3 rings (SSSR count). The molecule has 0 aliphatic heterocycles. The molecule has 0 spiro atoms. The first-order chi connectivity index (χ1) is 8.31. The van der Waals surface area contributed by atoms with Crippen LogP contribution in [0.3, 0.4) is 0 Å². The molecule has 1 N–H and O–H groups in total. The van der Waals surface area contributed by atoms with E-state index in [0.29, 0.717) is 6.04 Å². The van der Waals surface area contributed by atoms with Gasteiger partial charge in [0.1, 0.15) is 0 Å². The zero-order valence-electron chi connectivity index (χ0n) is 10.3. The topological polar surface area (TPSA) is 12.0 Å². The van der Waals surface area contributed by atoms with Gasteiger partial charge in [0, 0.05) is 10.5 Å². The standard InChI is InChI=1S/C15H20BrN/c1-2-17-15(10-6-8-11(16)9-7-10)14-12-4-3-5-13(12)14/h6-9,12-15,17H,2-5H2,1H3. The minimum Gasteiger partial charge on any atom is -0.310 e. The molecule has 0 heterocycles. The number of hydrogen-bond donors (Lipinski definition) is 1. The molecule has 3 atom stereocenters. The first-order valence-electron chi connectivity index (χ1n) is 6.80. The summed E-state index contributed by atoms with van der Waals surface area (Å²) in [4.78, 5) is 0. The van der Waals surface area contributed by atoms with Crippen LogP contribution in [-0.4, -0.2) is 6.54 Å². The smallest absolute Gasteiger partial charge is 0.0354 e. The van der Waals surface area contributed by atoms with Crippen LogP contribution < -0.4 is 5.32 Å². The average molecular weight is 294 g/mol. The normalized spacial score (nSPS) is 32.2. The molecule has 0 radical (unpaired) electrons. The summed E-state index contributed by atoms with van der Waals surface area (Å²) in [5.74, 6) is 2.94. The highest BCUT2D eigenvalue weighted by molar-refractivity contribution is 9.10. The summed E-state index contributed by atoms with van der Waals surface area (Å²) >= 11 is 3.51. The molecule has 0 bridgehead atoms. The number of halogens is 1. The number of hydrogen-bond acceptors (Lipinski definition) is 1. The Morgan fingerprint density at radius 1 is 1.24 bits per heavy atom. The van der Waals surface area contributed by atoms with Crippen LogP contribution in [0.2, 0.25) is 0 Å². The maximum Gasteiger partial charge on any atom is 0.0354 e. The highest BCUT2D eigenvalue weighted by Crippen LogP contribution is 2.62. The zero-order chi connectivity index (χ0) is 11.8. The van der Waals surface area contributed by atoms with Crippen LogP contribution in [0, 0.1) is 17.8 Å². The lowest BCUT2D eigenvalue weighted by molar-refractivity contribution is 0.426. The summed E-state index contributed by atoms with van der Waals surface area (Å²) in [7, 11) is 0. The minimum atomic E-state index is 0.586. The lowest BCUT2D eigenvalue weighted by atomic mass is 9.97. The predicted molar refractivity (Wildman–Crippen MR) is 74.9 cm³/mol. The third-order valence-corrected chi connectivity index (χ3v) is 5.04. The van der Waals surface area contributed by atoms with Crippen molar-refractivity contribution in [2.24, 2.45) is 17.8 Å². The Balaban J connectivity index is 1.78. The molecule has 1 aromatic carbocycles. The molecule has 1 nitrogen and oxygen atoms in total. The Morgan fingerprint density at radius 2 is 1.88 bits per heavy atom. The van der Waals surface area contributed by atoms with Crippen molar-refractivity contribution >= 4 is 15.9 Å². The van der Waals surface area contributed by atoms with Crippen molar-refractivity contribution in [3.63, 3.8) is 0 Å². The van der Waals surface area contributed by atoms with Crippen molar-refractivity contribution in [1.82, 2.24) is 5.32 Å². The van der Waals surface area contributed by atoms with Gasteiger partial charge in [0.2, 0.25) is 0 Å². The van der Waals surface area contributed by atoms with Gasteiger partial charge in [-0.05, 0) is 54.8 Å². The fourth-order valence-electron chi connectivity index (χ4n) is 3.74. The minimum absolute atomic E-state index is 0.586. The Labute approximate surface area is 112 Å². The van der Waals surface area contributed by atoms with Crippen LogP contribution in [0.15, 0.2) is 28.7 Å². The van der Waals surface area contributed by atoms with Gasteiger partial charge in [0.25, 0.3) is 0 Å². The number of fused-ring (bicyclic) bond motifs is 1. The molecule has 2 aliphatic carbocycles. The second-order valence-electron chi connectivity index (χ2n) is 5.42. The first-order valence-corrected chi connectivity index (χ1v) is 7.59.